The molecule has 0 unspecified atom stereocenters. The fraction of sp³-hybridized carbons (Fsp3) is 0.458. The number of nitrogens with one attached hydrogen (secondary N) is 1. The molecule has 0 aromatic heterocycles. The minimum atomic E-state index is -0.000122. The fourth-order valence-corrected chi connectivity index (χ4v) is 3.79. The first-order chi connectivity index (χ1) is 14.3. The van der Waals surface area contributed by atoms with Crippen LogP contribution in [0.25, 0.3) is 0 Å². The topological polar surface area (TPSA) is 50.8 Å². The van der Waals surface area contributed by atoms with Crippen LogP contribution in [-0.2, 0) is 14.9 Å². The summed E-state index contributed by atoms with van der Waals surface area (Å²) in [4.78, 5) is 14.5. The Hall–Kier alpha value is -2.05. The number of carbonyl (C=O) groups is 1. The number of halogens is 1. The van der Waals surface area contributed by atoms with E-state index in [1.54, 1.807) is 0 Å². The highest BCUT2D eigenvalue weighted by Gasteiger charge is 2.15. The van der Waals surface area contributed by atoms with Crippen LogP contribution >= 0.6 is 15.9 Å². The Morgan fingerprint density at radius 1 is 1.13 bits per heavy atom. The van der Waals surface area contributed by atoms with Crippen molar-refractivity contribution in [1.82, 2.24) is 0 Å². The van der Waals surface area contributed by atoms with Gasteiger partial charge in [0.25, 0.3) is 0 Å². The maximum Gasteiger partial charge on any atom is 0.224 e. The zero-order valence-corrected chi connectivity index (χ0v) is 19.6. The van der Waals surface area contributed by atoms with Crippen molar-refractivity contribution in [2.24, 2.45) is 0 Å². The number of rotatable bonds is 7. The number of anilines is 2. The highest BCUT2D eigenvalue weighted by Crippen LogP contribution is 2.31. The van der Waals surface area contributed by atoms with Gasteiger partial charge < -0.3 is 19.7 Å². The van der Waals surface area contributed by atoms with Crippen molar-refractivity contribution in [3.63, 3.8) is 0 Å². The third-order valence-corrected chi connectivity index (χ3v) is 5.75. The summed E-state index contributed by atoms with van der Waals surface area (Å²) in [5.74, 6) is 0.807. The number of amides is 1. The van der Waals surface area contributed by atoms with E-state index in [1.807, 2.05) is 30.3 Å². The standard InChI is InChI=1S/C24H31BrN2O3/c1-24(2,3)18-6-11-22(21(25)17-18)30-14-4-5-23(28)26-19-7-9-20(10-8-19)27-12-15-29-16-13-27/h6-11,17H,4-5,12-16H2,1-3H3,(H,26,28). The van der Waals surface area contributed by atoms with Gasteiger partial charge in [0.1, 0.15) is 5.75 Å². The smallest absolute Gasteiger partial charge is 0.224 e. The van der Waals surface area contributed by atoms with E-state index < -0.39 is 0 Å². The van der Waals surface area contributed by atoms with Gasteiger partial charge in [-0.3, -0.25) is 4.79 Å². The molecule has 0 radical (unpaired) electrons. The predicted molar refractivity (Wildman–Crippen MR) is 126 cm³/mol. The van der Waals surface area contributed by atoms with E-state index in [9.17, 15) is 4.79 Å². The molecule has 1 heterocycles. The minimum Gasteiger partial charge on any atom is -0.492 e. The van der Waals surface area contributed by atoms with Gasteiger partial charge in [0.15, 0.2) is 0 Å². The number of ether oxygens (including phenoxy) is 2. The van der Waals surface area contributed by atoms with Crippen molar-refractivity contribution in [3.8, 4) is 5.75 Å². The molecular formula is C24H31BrN2O3. The largest absolute Gasteiger partial charge is 0.492 e. The minimum absolute atomic E-state index is 0.000122. The quantitative estimate of drug-likeness (QED) is 0.547. The van der Waals surface area contributed by atoms with Gasteiger partial charge in [0.2, 0.25) is 5.91 Å². The number of carbonyl (C=O) groups excluding carboxylic acids is 1. The van der Waals surface area contributed by atoms with E-state index >= 15 is 0 Å². The van der Waals surface area contributed by atoms with E-state index in [1.165, 1.54) is 5.56 Å². The molecule has 0 atom stereocenters. The van der Waals surface area contributed by atoms with Crippen LogP contribution in [0.15, 0.2) is 46.9 Å². The Labute approximate surface area is 187 Å². The molecule has 0 spiro atoms. The molecule has 30 heavy (non-hydrogen) atoms. The summed E-state index contributed by atoms with van der Waals surface area (Å²) in [6, 6.07) is 14.2. The summed E-state index contributed by atoms with van der Waals surface area (Å²) in [5.41, 5.74) is 3.33. The van der Waals surface area contributed by atoms with Gasteiger partial charge in [-0.05, 0) is 69.7 Å². The molecule has 5 nitrogen and oxygen atoms in total. The van der Waals surface area contributed by atoms with Crippen molar-refractivity contribution in [2.75, 3.05) is 43.1 Å². The second-order valence-electron chi connectivity index (χ2n) is 8.54. The Balaban J connectivity index is 1.41. The molecule has 1 fully saturated rings. The molecule has 1 aliphatic rings. The van der Waals surface area contributed by atoms with Gasteiger partial charge >= 0.3 is 0 Å². The fourth-order valence-electron chi connectivity index (χ4n) is 3.30. The molecule has 1 saturated heterocycles. The molecule has 6 heteroatoms. The second kappa shape index (κ2) is 10.3. The average molecular weight is 475 g/mol. The van der Waals surface area contributed by atoms with Crippen LogP contribution in [0.4, 0.5) is 11.4 Å². The summed E-state index contributed by atoms with van der Waals surface area (Å²) in [5, 5.41) is 2.96. The van der Waals surface area contributed by atoms with E-state index in [0.29, 0.717) is 19.4 Å². The third-order valence-electron chi connectivity index (χ3n) is 5.13. The maximum absolute atomic E-state index is 12.2. The molecule has 3 rings (SSSR count). The summed E-state index contributed by atoms with van der Waals surface area (Å²) in [6.07, 6.45) is 1.08. The van der Waals surface area contributed by atoms with Crippen molar-refractivity contribution in [1.29, 1.82) is 0 Å². The lowest BCUT2D eigenvalue weighted by Gasteiger charge is -2.28. The second-order valence-corrected chi connectivity index (χ2v) is 9.40. The molecule has 1 aliphatic heterocycles. The van der Waals surface area contributed by atoms with Gasteiger partial charge in [-0.2, -0.15) is 0 Å². The highest BCUT2D eigenvalue weighted by molar-refractivity contribution is 9.10. The first-order valence-corrected chi connectivity index (χ1v) is 11.3. The molecule has 2 aromatic carbocycles. The molecule has 1 N–H and O–H groups in total. The Bertz CT molecular complexity index is 841. The summed E-state index contributed by atoms with van der Waals surface area (Å²) in [6.45, 7) is 10.4. The Morgan fingerprint density at radius 3 is 2.47 bits per heavy atom. The molecule has 2 aromatic rings. The molecule has 0 aliphatic carbocycles. The van der Waals surface area contributed by atoms with E-state index in [0.717, 1.165) is 47.9 Å². The van der Waals surface area contributed by atoms with Crippen LogP contribution in [0.1, 0.15) is 39.2 Å². The summed E-state index contributed by atoms with van der Waals surface area (Å²) >= 11 is 3.58. The van der Waals surface area contributed by atoms with Crippen LogP contribution < -0.4 is 15.0 Å². The monoisotopic (exact) mass is 474 g/mol. The van der Waals surface area contributed by atoms with Gasteiger partial charge in [-0.1, -0.05) is 26.8 Å². The van der Waals surface area contributed by atoms with Crippen molar-refractivity contribution in [3.05, 3.63) is 52.5 Å². The first-order valence-electron chi connectivity index (χ1n) is 10.5. The zero-order chi connectivity index (χ0) is 21.6. The van der Waals surface area contributed by atoms with Crippen molar-refractivity contribution in [2.45, 2.75) is 39.0 Å². The van der Waals surface area contributed by atoms with Crippen molar-refractivity contribution >= 4 is 33.2 Å². The Morgan fingerprint density at radius 2 is 1.83 bits per heavy atom. The summed E-state index contributed by atoms with van der Waals surface area (Å²) in [7, 11) is 0. The van der Waals surface area contributed by atoms with Crippen LogP contribution in [0, 0.1) is 0 Å². The molecular weight excluding hydrogens is 444 g/mol. The molecule has 162 valence electrons. The SMILES string of the molecule is CC(C)(C)c1ccc(OCCCC(=O)Nc2ccc(N3CCOCC3)cc2)c(Br)c1. The lowest BCUT2D eigenvalue weighted by molar-refractivity contribution is -0.116. The van der Waals surface area contributed by atoms with Crippen LogP contribution in [-0.4, -0.2) is 38.8 Å². The predicted octanol–water partition coefficient (Wildman–Crippen LogP) is 5.38. The number of nitrogens with zero attached hydrogens (tertiary/aromatic N) is 1. The van der Waals surface area contributed by atoms with Gasteiger partial charge in [0.05, 0.1) is 24.3 Å². The van der Waals surface area contributed by atoms with E-state index in [-0.39, 0.29) is 11.3 Å². The van der Waals surface area contributed by atoms with E-state index in [4.69, 9.17) is 9.47 Å². The number of morpholine rings is 1. The lowest BCUT2D eigenvalue weighted by Crippen LogP contribution is -2.36. The van der Waals surface area contributed by atoms with E-state index in [2.05, 4.69) is 59.1 Å². The molecule has 1 amide bonds. The summed E-state index contributed by atoms with van der Waals surface area (Å²) < 4.78 is 12.2. The van der Waals surface area contributed by atoms with Crippen LogP contribution in [0.2, 0.25) is 0 Å². The highest BCUT2D eigenvalue weighted by atomic mass is 79.9. The zero-order valence-electron chi connectivity index (χ0n) is 18.0. The normalized spacial score (nSPS) is 14.5. The first kappa shape index (κ1) is 22.6. The van der Waals surface area contributed by atoms with Crippen LogP contribution in [0.5, 0.6) is 5.75 Å². The lowest BCUT2D eigenvalue weighted by atomic mass is 9.87. The number of hydrogen-bond donors (Lipinski definition) is 1. The van der Waals surface area contributed by atoms with Gasteiger partial charge in [-0.15, -0.1) is 0 Å². The molecule has 0 saturated carbocycles. The third kappa shape index (κ3) is 6.47. The van der Waals surface area contributed by atoms with Gasteiger partial charge in [0, 0.05) is 30.9 Å². The number of benzene rings is 2. The van der Waals surface area contributed by atoms with Crippen LogP contribution in [0.3, 0.4) is 0 Å². The molecule has 0 bridgehead atoms. The number of hydrogen-bond acceptors (Lipinski definition) is 4. The Kier molecular flexibility index (Phi) is 7.78. The van der Waals surface area contributed by atoms with Gasteiger partial charge in [-0.25, -0.2) is 0 Å². The van der Waals surface area contributed by atoms with Crippen molar-refractivity contribution < 1.29 is 14.3 Å². The average Bonchev–Trinajstić information content (AvgIpc) is 2.72. The maximum atomic E-state index is 12.2.